The lowest BCUT2D eigenvalue weighted by Gasteiger charge is -2.34. The van der Waals surface area contributed by atoms with Crippen molar-refractivity contribution in [3.63, 3.8) is 0 Å². The van der Waals surface area contributed by atoms with Crippen molar-refractivity contribution in [2.24, 2.45) is 11.8 Å². The third-order valence-corrected chi connectivity index (χ3v) is 7.40. The van der Waals surface area contributed by atoms with Crippen LogP contribution in [-0.4, -0.2) is 31.7 Å². The molecule has 2 atom stereocenters. The minimum atomic E-state index is -3.81. The van der Waals surface area contributed by atoms with Gasteiger partial charge in [0.2, 0.25) is 10.0 Å². The Hall–Kier alpha value is -2.25. The number of rotatable bonds is 4. The van der Waals surface area contributed by atoms with E-state index in [0.29, 0.717) is 18.8 Å². The number of anilines is 1. The van der Waals surface area contributed by atoms with Crippen molar-refractivity contribution >= 4 is 21.6 Å². The molecule has 0 radical (unpaired) electrons. The van der Waals surface area contributed by atoms with Gasteiger partial charge < -0.3 is 5.32 Å². The van der Waals surface area contributed by atoms with Gasteiger partial charge in [-0.05, 0) is 68.4 Å². The van der Waals surface area contributed by atoms with E-state index in [4.69, 9.17) is 0 Å². The molecule has 1 saturated heterocycles. The monoisotopic (exact) mass is 432 g/mol. The van der Waals surface area contributed by atoms with Gasteiger partial charge in [0.25, 0.3) is 5.91 Å². The number of sulfonamides is 1. The Labute approximate surface area is 178 Å². The SMILES string of the molecule is Cc1cc(C)c(NC(=O)c2cc(S(=O)(=O)N3C[C@@H](C)C[C@H](C)C3)ccc2F)c(C)c1. The maximum Gasteiger partial charge on any atom is 0.258 e. The van der Waals surface area contributed by atoms with Crippen molar-refractivity contribution < 1.29 is 17.6 Å². The second kappa shape index (κ2) is 8.47. The summed E-state index contributed by atoms with van der Waals surface area (Å²) in [5.74, 6) is -0.923. The lowest BCUT2D eigenvalue weighted by atomic mass is 9.94. The van der Waals surface area contributed by atoms with Gasteiger partial charge in [-0.2, -0.15) is 4.31 Å². The normalized spacial score (nSPS) is 20.2. The van der Waals surface area contributed by atoms with Crippen LogP contribution < -0.4 is 5.32 Å². The van der Waals surface area contributed by atoms with E-state index in [-0.39, 0.29) is 22.3 Å². The van der Waals surface area contributed by atoms with Crippen LogP contribution in [0.25, 0.3) is 0 Å². The molecular formula is C23H29FN2O3S. The van der Waals surface area contributed by atoms with Crippen LogP contribution in [-0.2, 0) is 10.0 Å². The number of amides is 1. The summed E-state index contributed by atoms with van der Waals surface area (Å²) >= 11 is 0. The molecule has 0 aromatic heterocycles. The number of piperidine rings is 1. The molecule has 0 spiro atoms. The summed E-state index contributed by atoms with van der Waals surface area (Å²) in [6.07, 6.45) is 0.971. The van der Waals surface area contributed by atoms with E-state index in [1.165, 1.54) is 10.4 Å². The fraction of sp³-hybridized carbons (Fsp3) is 0.435. The Morgan fingerprint density at radius 1 is 1.03 bits per heavy atom. The van der Waals surface area contributed by atoms with Gasteiger partial charge in [-0.3, -0.25) is 4.79 Å². The molecule has 0 saturated carbocycles. The molecule has 3 rings (SSSR count). The highest BCUT2D eigenvalue weighted by molar-refractivity contribution is 7.89. The number of halogens is 1. The summed E-state index contributed by atoms with van der Waals surface area (Å²) in [5, 5.41) is 2.75. The largest absolute Gasteiger partial charge is 0.321 e. The van der Waals surface area contributed by atoms with E-state index in [0.717, 1.165) is 35.2 Å². The summed E-state index contributed by atoms with van der Waals surface area (Å²) < 4.78 is 42.2. The average Bonchev–Trinajstić information content (AvgIpc) is 2.63. The molecule has 2 aromatic rings. The number of hydrogen-bond acceptors (Lipinski definition) is 3. The second-order valence-corrected chi connectivity index (χ2v) is 10.6. The van der Waals surface area contributed by atoms with E-state index < -0.39 is 21.7 Å². The summed E-state index contributed by atoms with van der Waals surface area (Å²) in [5.41, 5.74) is 3.11. The zero-order valence-corrected chi connectivity index (χ0v) is 18.9. The van der Waals surface area contributed by atoms with Crippen LogP contribution in [0.4, 0.5) is 10.1 Å². The van der Waals surface area contributed by atoms with E-state index in [1.54, 1.807) is 0 Å². The van der Waals surface area contributed by atoms with Crippen molar-refractivity contribution in [3.05, 3.63) is 58.4 Å². The number of carbonyl (C=O) groups excluding carboxylic acids is 1. The zero-order chi connectivity index (χ0) is 22.2. The molecule has 5 nitrogen and oxygen atoms in total. The third-order valence-electron chi connectivity index (χ3n) is 5.57. The van der Waals surface area contributed by atoms with Gasteiger partial charge in [0.05, 0.1) is 10.5 Å². The number of carbonyl (C=O) groups is 1. The number of benzene rings is 2. The first kappa shape index (κ1) is 22.4. The molecule has 1 amide bonds. The topological polar surface area (TPSA) is 66.5 Å². The molecule has 162 valence electrons. The number of hydrogen-bond donors (Lipinski definition) is 1. The maximum atomic E-state index is 14.5. The maximum absolute atomic E-state index is 14.5. The highest BCUT2D eigenvalue weighted by Crippen LogP contribution is 2.28. The molecular weight excluding hydrogens is 403 g/mol. The number of aryl methyl sites for hydroxylation is 3. The van der Waals surface area contributed by atoms with Crippen LogP contribution in [0, 0.1) is 38.4 Å². The van der Waals surface area contributed by atoms with Crippen molar-refractivity contribution in [1.82, 2.24) is 4.31 Å². The molecule has 7 heteroatoms. The molecule has 1 fully saturated rings. The number of nitrogens with zero attached hydrogens (tertiary/aromatic N) is 1. The van der Waals surface area contributed by atoms with Crippen molar-refractivity contribution in [2.75, 3.05) is 18.4 Å². The fourth-order valence-corrected chi connectivity index (χ4v) is 6.05. The lowest BCUT2D eigenvalue weighted by molar-refractivity contribution is 0.102. The first-order valence-corrected chi connectivity index (χ1v) is 11.6. The summed E-state index contributed by atoms with van der Waals surface area (Å²) in [4.78, 5) is 12.8. The summed E-state index contributed by atoms with van der Waals surface area (Å²) in [6, 6.07) is 7.28. The van der Waals surface area contributed by atoms with Gasteiger partial charge in [-0.25, -0.2) is 12.8 Å². The van der Waals surface area contributed by atoms with Crippen LogP contribution in [0.1, 0.15) is 47.3 Å². The molecule has 30 heavy (non-hydrogen) atoms. The molecule has 1 heterocycles. The van der Waals surface area contributed by atoms with Gasteiger partial charge in [0.1, 0.15) is 5.82 Å². The Morgan fingerprint density at radius 2 is 1.60 bits per heavy atom. The molecule has 0 unspecified atom stereocenters. The standard InChI is InChI=1S/C23H29FN2O3S/c1-14-9-17(4)22(18(5)10-14)25-23(27)20-11-19(6-7-21(20)24)30(28,29)26-12-15(2)8-16(3)13-26/h6-7,9-11,15-16H,8,12-13H2,1-5H3,(H,25,27)/t15-,16-/m0/s1. The molecule has 1 aliphatic rings. The fourth-order valence-electron chi connectivity index (χ4n) is 4.35. The van der Waals surface area contributed by atoms with Crippen molar-refractivity contribution in [1.29, 1.82) is 0 Å². The first-order chi connectivity index (χ1) is 14.0. The smallest absolute Gasteiger partial charge is 0.258 e. The van der Waals surface area contributed by atoms with Crippen LogP contribution >= 0.6 is 0 Å². The minimum absolute atomic E-state index is 0.0623. The number of nitrogens with one attached hydrogen (secondary N) is 1. The quantitative estimate of drug-likeness (QED) is 0.763. The predicted molar refractivity (Wildman–Crippen MR) is 117 cm³/mol. The summed E-state index contributed by atoms with van der Waals surface area (Å²) in [6.45, 7) is 10.6. The first-order valence-electron chi connectivity index (χ1n) is 10.2. The Morgan fingerprint density at radius 3 is 2.17 bits per heavy atom. The molecule has 1 N–H and O–H groups in total. The Kier molecular flexibility index (Phi) is 6.34. The molecule has 1 aliphatic heterocycles. The van der Waals surface area contributed by atoms with Gasteiger partial charge in [-0.15, -0.1) is 0 Å². The zero-order valence-electron chi connectivity index (χ0n) is 18.1. The van der Waals surface area contributed by atoms with Gasteiger partial charge in [0.15, 0.2) is 0 Å². The van der Waals surface area contributed by atoms with Gasteiger partial charge in [0, 0.05) is 18.8 Å². The molecule has 2 aromatic carbocycles. The van der Waals surface area contributed by atoms with E-state index in [9.17, 15) is 17.6 Å². The minimum Gasteiger partial charge on any atom is -0.321 e. The Bertz CT molecular complexity index is 1050. The highest BCUT2D eigenvalue weighted by atomic mass is 32.2. The van der Waals surface area contributed by atoms with Crippen LogP contribution in [0.15, 0.2) is 35.2 Å². The van der Waals surface area contributed by atoms with Crippen LogP contribution in [0.3, 0.4) is 0 Å². The van der Waals surface area contributed by atoms with Crippen molar-refractivity contribution in [3.8, 4) is 0 Å². The van der Waals surface area contributed by atoms with E-state index >= 15 is 0 Å². The molecule has 0 bridgehead atoms. The molecule has 0 aliphatic carbocycles. The van der Waals surface area contributed by atoms with E-state index in [2.05, 4.69) is 5.32 Å². The Balaban J connectivity index is 1.93. The van der Waals surface area contributed by atoms with Gasteiger partial charge in [-0.1, -0.05) is 31.5 Å². The van der Waals surface area contributed by atoms with Gasteiger partial charge >= 0.3 is 0 Å². The predicted octanol–water partition coefficient (Wildman–Crippen LogP) is 4.67. The van der Waals surface area contributed by atoms with Crippen LogP contribution in [0.5, 0.6) is 0 Å². The average molecular weight is 433 g/mol. The van der Waals surface area contributed by atoms with Crippen molar-refractivity contribution in [2.45, 2.75) is 45.9 Å². The highest BCUT2D eigenvalue weighted by Gasteiger charge is 2.32. The lowest BCUT2D eigenvalue weighted by Crippen LogP contribution is -2.42. The third kappa shape index (κ3) is 4.57. The second-order valence-electron chi connectivity index (χ2n) is 8.64. The van der Waals surface area contributed by atoms with Crippen LogP contribution in [0.2, 0.25) is 0 Å². The van der Waals surface area contributed by atoms with E-state index in [1.807, 2.05) is 46.8 Å². The summed E-state index contributed by atoms with van der Waals surface area (Å²) in [7, 11) is -3.81.